The Kier molecular flexibility index (Phi) is 3.74. The summed E-state index contributed by atoms with van der Waals surface area (Å²) in [6.07, 6.45) is 0.247. The van der Waals surface area contributed by atoms with E-state index in [1.165, 1.54) is 5.56 Å². The smallest absolute Gasteiger partial charge is 0.0863 e. The number of ether oxygens (including phenoxy) is 1. The van der Waals surface area contributed by atoms with Crippen LogP contribution in [-0.2, 0) is 4.74 Å². The monoisotopic (exact) mass is 223 g/mol. The minimum atomic E-state index is 0.247. The van der Waals surface area contributed by atoms with Gasteiger partial charge in [-0.05, 0) is 11.5 Å². The summed E-state index contributed by atoms with van der Waals surface area (Å²) in [6, 6.07) is 10.5. The van der Waals surface area contributed by atoms with Gasteiger partial charge in [-0.2, -0.15) is 0 Å². The fourth-order valence-corrected chi connectivity index (χ4v) is 2.52. The molecule has 0 aliphatic carbocycles. The maximum absolute atomic E-state index is 5.92. The van der Waals surface area contributed by atoms with Crippen molar-refractivity contribution in [2.24, 2.45) is 5.92 Å². The first-order valence-electron chi connectivity index (χ1n) is 5.43. The summed E-state index contributed by atoms with van der Waals surface area (Å²) in [4.78, 5) is 0. The third-order valence-electron chi connectivity index (χ3n) is 2.84. The van der Waals surface area contributed by atoms with Crippen molar-refractivity contribution in [3.05, 3.63) is 35.9 Å². The molecule has 3 atom stereocenters. The van der Waals surface area contributed by atoms with Gasteiger partial charge in [0.15, 0.2) is 0 Å². The van der Waals surface area contributed by atoms with Gasteiger partial charge in [-0.25, -0.2) is 0 Å². The second kappa shape index (κ2) is 5.07. The lowest BCUT2D eigenvalue weighted by Crippen LogP contribution is -2.20. The molecule has 1 aliphatic rings. The highest BCUT2D eigenvalue weighted by molar-refractivity contribution is 7.13. The Bertz CT molecular complexity index is 304. The van der Waals surface area contributed by atoms with Crippen LogP contribution in [0, 0.1) is 5.92 Å². The van der Waals surface area contributed by atoms with E-state index in [-0.39, 0.29) is 6.10 Å². The number of rotatable bonds is 1. The molecule has 1 aliphatic heterocycles. The molecule has 15 heavy (non-hydrogen) atoms. The molecule has 82 valence electrons. The van der Waals surface area contributed by atoms with Crippen molar-refractivity contribution in [1.29, 1.82) is 0 Å². The molecule has 0 radical (unpaired) electrons. The maximum Gasteiger partial charge on any atom is 0.0863 e. The molecule has 0 bridgehead atoms. The second-order valence-electron chi connectivity index (χ2n) is 4.17. The van der Waals surface area contributed by atoms with Crippen molar-refractivity contribution < 1.29 is 4.74 Å². The molecule has 2 nitrogen and oxygen atoms in total. The van der Waals surface area contributed by atoms with Gasteiger partial charge in [0.2, 0.25) is 0 Å². The summed E-state index contributed by atoms with van der Waals surface area (Å²) >= 11 is 0. The van der Waals surface area contributed by atoms with E-state index in [2.05, 4.69) is 45.3 Å². The van der Waals surface area contributed by atoms with Crippen molar-refractivity contribution in [1.82, 2.24) is 4.67 Å². The Labute approximate surface area is 93.9 Å². The third kappa shape index (κ3) is 2.78. The first-order chi connectivity index (χ1) is 7.27. The van der Waals surface area contributed by atoms with E-state index >= 15 is 0 Å². The topological polar surface area (TPSA) is 12.5 Å². The molecule has 1 aromatic rings. The fourth-order valence-electron chi connectivity index (χ4n) is 2.09. The van der Waals surface area contributed by atoms with Crippen molar-refractivity contribution in [2.75, 3.05) is 19.7 Å². The molecule has 0 N–H and O–H groups in total. The number of nitrogens with zero attached hydrogens (tertiary/aromatic N) is 1. The van der Waals surface area contributed by atoms with E-state index in [1.54, 1.807) is 0 Å². The zero-order valence-electron chi connectivity index (χ0n) is 9.10. The summed E-state index contributed by atoms with van der Waals surface area (Å²) < 4.78 is 8.17. The Balaban J connectivity index is 2.14. The van der Waals surface area contributed by atoms with Crippen molar-refractivity contribution in [2.45, 2.75) is 13.0 Å². The Hall–Kier alpha value is -0.430. The number of hydrogen-bond donors (Lipinski definition) is 0. The fraction of sp³-hybridized carbons (Fsp3) is 0.500. The van der Waals surface area contributed by atoms with Gasteiger partial charge in [0.25, 0.3) is 0 Å². The van der Waals surface area contributed by atoms with E-state index in [9.17, 15) is 0 Å². The van der Waals surface area contributed by atoms with E-state index in [0.717, 1.165) is 19.7 Å². The van der Waals surface area contributed by atoms with E-state index < -0.39 is 0 Å². The highest BCUT2D eigenvalue weighted by Crippen LogP contribution is 2.29. The molecule has 0 spiro atoms. The number of benzene rings is 1. The van der Waals surface area contributed by atoms with Gasteiger partial charge in [0.05, 0.1) is 12.7 Å². The summed E-state index contributed by atoms with van der Waals surface area (Å²) in [5.41, 5.74) is 1.30. The predicted octanol–water partition coefficient (Wildman–Crippen LogP) is 2.49. The molecule has 0 amide bonds. The van der Waals surface area contributed by atoms with Crippen LogP contribution in [0.3, 0.4) is 0 Å². The zero-order chi connectivity index (χ0) is 10.7. The van der Waals surface area contributed by atoms with Gasteiger partial charge in [0.1, 0.15) is 0 Å². The van der Waals surface area contributed by atoms with Crippen molar-refractivity contribution in [3.8, 4) is 0 Å². The lowest BCUT2D eigenvalue weighted by atomic mass is 9.97. The van der Waals surface area contributed by atoms with Crippen molar-refractivity contribution in [3.63, 3.8) is 0 Å². The van der Waals surface area contributed by atoms with Crippen LogP contribution in [0.15, 0.2) is 30.3 Å². The molecule has 0 saturated carbocycles. The molecule has 1 saturated heterocycles. The number of hydrogen-bond acceptors (Lipinski definition) is 2. The third-order valence-corrected chi connectivity index (χ3v) is 3.31. The highest BCUT2D eigenvalue weighted by atomic mass is 31.0. The molecule has 1 fully saturated rings. The van der Waals surface area contributed by atoms with Gasteiger partial charge in [-0.15, -0.1) is 0 Å². The quantitative estimate of drug-likeness (QED) is 0.678. The highest BCUT2D eigenvalue weighted by Gasteiger charge is 2.24. The SMILES string of the molecule is C[C@H]1CN(P)CCOC1c1ccccc1. The van der Waals surface area contributed by atoms with Gasteiger partial charge in [0, 0.05) is 13.1 Å². The molecule has 0 aromatic heterocycles. The summed E-state index contributed by atoms with van der Waals surface area (Å²) in [6.45, 7) is 5.13. The van der Waals surface area contributed by atoms with Crippen LogP contribution < -0.4 is 0 Å². The largest absolute Gasteiger partial charge is 0.372 e. The van der Waals surface area contributed by atoms with Gasteiger partial charge >= 0.3 is 0 Å². The van der Waals surface area contributed by atoms with Gasteiger partial charge < -0.3 is 4.74 Å². The molecule has 3 heteroatoms. The molecule has 1 aromatic carbocycles. The minimum absolute atomic E-state index is 0.247. The molecule has 1 heterocycles. The average molecular weight is 223 g/mol. The van der Waals surface area contributed by atoms with Crippen LogP contribution in [-0.4, -0.2) is 24.4 Å². The maximum atomic E-state index is 5.92. The molecular weight excluding hydrogens is 205 g/mol. The van der Waals surface area contributed by atoms with Crippen LogP contribution in [0.1, 0.15) is 18.6 Å². The van der Waals surface area contributed by atoms with Crippen LogP contribution in [0.2, 0.25) is 0 Å². The van der Waals surface area contributed by atoms with Crippen LogP contribution in [0.25, 0.3) is 0 Å². The normalized spacial score (nSPS) is 28.7. The Morgan fingerprint density at radius 3 is 2.80 bits per heavy atom. The van der Waals surface area contributed by atoms with Crippen LogP contribution in [0.4, 0.5) is 0 Å². The Morgan fingerprint density at radius 1 is 1.33 bits per heavy atom. The zero-order valence-corrected chi connectivity index (χ0v) is 10.3. The van der Waals surface area contributed by atoms with Gasteiger partial charge in [-0.1, -0.05) is 46.6 Å². The molecule has 2 rings (SSSR count). The summed E-state index contributed by atoms with van der Waals surface area (Å²) in [7, 11) is 2.77. The lowest BCUT2D eigenvalue weighted by Gasteiger charge is -2.22. The summed E-state index contributed by atoms with van der Waals surface area (Å²) in [5, 5.41) is 0. The average Bonchev–Trinajstić information content (AvgIpc) is 2.40. The lowest BCUT2D eigenvalue weighted by molar-refractivity contribution is 0.0360. The minimum Gasteiger partial charge on any atom is -0.372 e. The first-order valence-corrected chi connectivity index (χ1v) is 5.95. The van der Waals surface area contributed by atoms with E-state index in [4.69, 9.17) is 4.74 Å². The standard InChI is InChI=1S/C12H18NOP/c1-10-9-13(15)7-8-14-12(10)11-5-3-2-4-6-11/h2-6,10,12H,7-9,15H2,1H3/t10-,12?/m0/s1. The van der Waals surface area contributed by atoms with Crippen LogP contribution >= 0.6 is 9.39 Å². The van der Waals surface area contributed by atoms with Crippen LogP contribution in [0.5, 0.6) is 0 Å². The second-order valence-corrected chi connectivity index (χ2v) is 4.90. The first kappa shape index (κ1) is 11.1. The molecular formula is C12H18NOP. The summed E-state index contributed by atoms with van der Waals surface area (Å²) in [5.74, 6) is 0.535. The molecule has 2 unspecified atom stereocenters. The Morgan fingerprint density at radius 2 is 2.07 bits per heavy atom. The van der Waals surface area contributed by atoms with Crippen molar-refractivity contribution >= 4 is 9.39 Å². The van der Waals surface area contributed by atoms with E-state index in [1.807, 2.05) is 6.07 Å². The van der Waals surface area contributed by atoms with Gasteiger partial charge in [-0.3, -0.25) is 4.67 Å². The predicted molar refractivity (Wildman–Crippen MR) is 65.6 cm³/mol. The van der Waals surface area contributed by atoms with E-state index in [0.29, 0.717) is 5.92 Å².